The van der Waals surface area contributed by atoms with E-state index in [9.17, 15) is 4.79 Å². The Hall–Kier alpha value is -1.22. The summed E-state index contributed by atoms with van der Waals surface area (Å²) in [6.45, 7) is 1.47. The van der Waals surface area contributed by atoms with Gasteiger partial charge in [0, 0.05) is 26.7 Å². The van der Waals surface area contributed by atoms with E-state index in [2.05, 4.69) is 5.32 Å². The monoisotopic (exact) mass is 212 g/mol. The van der Waals surface area contributed by atoms with Gasteiger partial charge in [-0.1, -0.05) is 11.6 Å². The molecule has 0 saturated heterocycles. The van der Waals surface area contributed by atoms with Crippen molar-refractivity contribution in [3.8, 4) is 0 Å². The van der Waals surface area contributed by atoms with Crippen LogP contribution in [0.5, 0.6) is 0 Å². The van der Waals surface area contributed by atoms with Gasteiger partial charge in [-0.3, -0.25) is 4.79 Å². The van der Waals surface area contributed by atoms with Crippen molar-refractivity contribution >= 4 is 28.9 Å². The number of halogens is 1. The van der Waals surface area contributed by atoms with Gasteiger partial charge in [-0.25, -0.2) is 0 Å². The summed E-state index contributed by atoms with van der Waals surface area (Å²) in [6, 6.07) is 5.43. The van der Waals surface area contributed by atoms with E-state index in [4.69, 9.17) is 11.6 Å². The van der Waals surface area contributed by atoms with Crippen LogP contribution in [0.1, 0.15) is 6.92 Å². The molecule has 0 unspecified atom stereocenters. The van der Waals surface area contributed by atoms with Crippen LogP contribution in [-0.2, 0) is 4.79 Å². The van der Waals surface area contributed by atoms with Crippen LogP contribution in [0.2, 0.25) is 5.02 Å². The van der Waals surface area contributed by atoms with E-state index >= 15 is 0 Å². The molecule has 0 saturated carbocycles. The SMILES string of the molecule is CC(=O)Nc1ccc(N(C)C)c(Cl)c1. The zero-order valence-corrected chi connectivity index (χ0v) is 9.22. The molecule has 0 fully saturated rings. The van der Waals surface area contributed by atoms with Gasteiger partial charge in [-0.15, -0.1) is 0 Å². The smallest absolute Gasteiger partial charge is 0.221 e. The van der Waals surface area contributed by atoms with Gasteiger partial charge in [-0.2, -0.15) is 0 Å². The summed E-state index contributed by atoms with van der Waals surface area (Å²) >= 11 is 6.01. The Bertz CT molecular complexity index is 350. The van der Waals surface area contributed by atoms with Crippen molar-refractivity contribution in [1.82, 2.24) is 0 Å². The lowest BCUT2D eigenvalue weighted by atomic mass is 10.2. The number of anilines is 2. The second-order valence-corrected chi connectivity index (χ2v) is 3.65. The molecular formula is C10H13ClN2O. The van der Waals surface area contributed by atoms with Gasteiger partial charge in [-0.05, 0) is 18.2 Å². The highest BCUT2D eigenvalue weighted by Gasteiger charge is 2.03. The summed E-state index contributed by atoms with van der Waals surface area (Å²) in [5.41, 5.74) is 1.65. The van der Waals surface area contributed by atoms with Gasteiger partial charge in [0.1, 0.15) is 0 Å². The fraction of sp³-hybridized carbons (Fsp3) is 0.300. The number of nitrogens with zero attached hydrogens (tertiary/aromatic N) is 1. The van der Waals surface area contributed by atoms with Crippen molar-refractivity contribution in [1.29, 1.82) is 0 Å². The molecule has 4 heteroatoms. The quantitative estimate of drug-likeness (QED) is 0.817. The Kier molecular flexibility index (Phi) is 3.36. The summed E-state index contributed by atoms with van der Waals surface area (Å²) in [7, 11) is 3.83. The van der Waals surface area contributed by atoms with Gasteiger partial charge in [0.15, 0.2) is 0 Å². The standard InChI is InChI=1S/C10H13ClN2O/c1-7(14)12-8-4-5-10(13(2)3)9(11)6-8/h4-6H,1-3H3,(H,12,14). The Morgan fingerprint density at radius 3 is 2.50 bits per heavy atom. The number of hydrogen-bond acceptors (Lipinski definition) is 2. The number of hydrogen-bond donors (Lipinski definition) is 1. The molecule has 0 atom stereocenters. The second-order valence-electron chi connectivity index (χ2n) is 3.24. The number of benzene rings is 1. The highest BCUT2D eigenvalue weighted by molar-refractivity contribution is 6.33. The van der Waals surface area contributed by atoms with Crippen LogP contribution in [-0.4, -0.2) is 20.0 Å². The maximum atomic E-state index is 10.8. The van der Waals surface area contributed by atoms with Crippen LogP contribution in [0.15, 0.2) is 18.2 Å². The molecule has 0 aromatic heterocycles. The van der Waals surface area contributed by atoms with Crippen molar-refractivity contribution < 1.29 is 4.79 Å². The topological polar surface area (TPSA) is 32.3 Å². The van der Waals surface area contributed by atoms with Crippen molar-refractivity contribution in [2.24, 2.45) is 0 Å². The molecule has 0 heterocycles. The van der Waals surface area contributed by atoms with Crippen molar-refractivity contribution in [3.63, 3.8) is 0 Å². The minimum absolute atomic E-state index is 0.0985. The third-order valence-corrected chi connectivity index (χ3v) is 2.05. The molecular weight excluding hydrogens is 200 g/mol. The predicted octanol–water partition coefficient (Wildman–Crippen LogP) is 2.36. The third-order valence-electron chi connectivity index (χ3n) is 1.75. The van der Waals surface area contributed by atoms with Crippen molar-refractivity contribution in [3.05, 3.63) is 23.2 Å². The first-order chi connectivity index (χ1) is 6.50. The van der Waals surface area contributed by atoms with Crippen LogP contribution in [0.3, 0.4) is 0 Å². The molecule has 0 aliphatic rings. The summed E-state index contributed by atoms with van der Waals surface area (Å²) in [4.78, 5) is 12.7. The van der Waals surface area contributed by atoms with Crippen LogP contribution >= 0.6 is 11.6 Å². The lowest BCUT2D eigenvalue weighted by molar-refractivity contribution is -0.114. The Morgan fingerprint density at radius 2 is 2.07 bits per heavy atom. The number of carbonyl (C=O) groups excluding carboxylic acids is 1. The first kappa shape index (κ1) is 10.9. The van der Waals surface area contributed by atoms with E-state index in [1.807, 2.05) is 31.1 Å². The highest BCUT2D eigenvalue weighted by atomic mass is 35.5. The first-order valence-corrected chi connectivity index (χ1v) is 4.63. The molecule has 0 bridgehead atoms. The molecule has 0 spiro atoms. The number of carbonyl (C=O) groups is 1. The zero-order valence-electron chi connectivity index (χ0n) is 8.47. The van der Waals surface area contributed by atoms with Gasteiger partial charge < -0.3 is 10.2 Å². The number of rotatable bonds is 2. The molecule has 1 aromatic carbocycles. The lowest BCUT2D eigenvalue weighted by Gasteiger charge is -2.15. The molecule has 1 amide bonds. The molecule has 3 nitrogen and oxygen atoms in total. The predicted molar refractivity (Wildman–Crippen MR) is 60.1 cm³/mol. The van der Waals surface area contributed by atoms with Crippen LogP contribution < -0.4 is 10.2 Å². The average Bonchev–Trinajstić information content (AvgIpc) is 2.01. The molecule has 0 aliphatic carbocycles. The van der Waals surface area contributed by atoms with Crippen LogP contribution in [0.4, 0.5) is 11.4 Å². The van der Waals surface area contributed by atoms with E-state index in [-0.39, 0.29) is 5.91 Å². The zero-order chi connectivity index (χ0) is 10.7. The minimum Gasteiger partial charge on any atom is -0.376 e. The minimum atomic E-state index is -0.0985. The summed E-state index contributed by atoms with van der Waals surface area (Å²) in [6.07, 6.45) is 0. The van der Waals surface area contributed by atoms with E-state index in [1.54, 1.807) is 6.07 Å². The second kappa shape index (κ2) is 4.33. The molecule has 0 aliphatic heterocycles. The summed E-state index contributed by atoms with van der Waals surface area (Å²) < 4.78 is 0. The average molecular weight is 213 g/mol. The van der Waals surface area contributed by atoms with Gasteiger partial charge in [0.05, 0.1) is 10.7 Å². The highest BCUT2D eigenvalue weighted by Crippen LogP contribution is 2.27. The maximum absolute atomic E-state index is 10.8. The van der Waals surface area contributed by atoms with E-state index < -0.39 is 0 Å². The van der Waals surface area contributed by atoms with Gasteiger partial charge >= 0.3 is 0 Å². The Morgan fingerprint density at radius 1 is 1.43 bits per heavy atom. The summed E-state index contributed by atoms with van der Waals surface area (Å²) in [5.74, 6) is -0.0985. The lowest BCUT2D eigenvalue weighted by Crippen LogP contribution is -2.10. The fourth-order valence-electron chi connectivity index (χ4n) is 1.15. The Balaban J connectivity index is 2.94. The van der Waals surface area contributed by atoms with E-state index in [0.29, 0.717) is 10.7 Å². The first-order valence-electron chi connectivity index (χ1n) is 4.25. The largest absolute Gasteiger partial charge is 0.376 e. The number of nitrogens with one attached hydrogen (secondary N) is 1. The van der Waals surface area contributed by atoms with Crippen molar-refractivity contribution in [2.75, 3.05) is 24.3 Å². The normalized spacial score (nSPS) is 9.71. The van der Waals surface area contributed by atoms with E-state index in [1.165, 1.54) is 6.92 Å². The molecule has 1 aromatic rings. The van der Waals surface area contributed by atoms with Crippen LogP contribution in [0, 0.1) is 0 Å². The van der Waals surface area contributed by atoms with E-state index in [0.717, 1.165) is 5.69 Å². The maximum Gasteiger partial charge on any atom is 0.221 e. The molecule has 1 N–H and O–H groups in total. The summed E-state index contributed by atoms with van der Waals surface area (Å²) in [5, 5.41) is 3.30. The van der Waals surface area contributed by atoms with Gasteiger partial charge in [0.2, 0.25) is 5.91 Å². The third kappa shape index (κ3) is 2.64. The van der Waals surface area contributed by atoms with Crippen molar-refractivity contribution in [2.45, 2.75) is 6.92 Å². The fourth-order valence-corrected chi connectivity index (χ4v) is 1.50. The Labute approximate surface area is 88.7 Å². The molecule has 0 radical (unpaired) electrons. The molecule has 76 valence electrons. The molecule has 1 rings (SSSR count). The number of amides is 1. The molecule has 14 heavy (non-hydrogen) atoms. The van der Waals surface area contributed by atoms with Crippen LogP contribution in [0.25, 0.3) is 0 Å². The van der Waals surface area contributed by atoms with Gasteiger partial charge in [0.25, 0.3) is 0 Å².